The topological polar surface area (TPSA) is 43.8 Å². The van der Waals surface area contributed by atoms with Crippen LogP contribution in [0.15, 0.2) is 6.07 Å². The van der Waals surface area contributed by atoms with Crippen LogP contribution in [0.5, 0.6) is 0 Å². The summed E-state index contributed by atoms with van der Waals surface area (Å²) < 4.78 is 2.05. The van der Waals surface area contributed by atoms with E-state index in [1.54, 1.807) is 0 Å². The predicted molar refractivity (Wildman–Crippen MR) is 68.3 cm³/mol. The molecule has 2 atom stereocenters. The number of nitrogens with two attached hydrogens (primary N) is 1. The van der Waals surface area contributed by atoms with Gasteiger partial charge in [0.2, 0.25) is 0 Å². The van der Waals surface area contributed by atoms with Crippen LogP contribution in [0, 0.1) is 5.92 Å². The van der Waals surface area contributed by atoms with Crippen LogP contribution in [0.25, 0.3) is 0 Å². The molecule has 0 aliphatic rings. The normalized spacial score (nSPS) is 15.1. The standard InChI is InChI=1S/C13H25N3/c1-5-10(4)8-12(14)13-9-11(6-2)15-16(13)7-3/h9-10,12H,5-8,14H2,1-4H3. The lowest BCUT2D eigenvalue weighted by Crippen LogP contribution is -2.18. The van der Waals surface area contributed by atoms with Crippen LogP contribution in [0.2, 0.25) is 0 Å². The summed E-state index contributed by atoms with van der Waals surface area (Å²) in [6.45, 7) is 9.63. The largest absolute Gasteiger partial charge is 0.323 e. The highest BCUT2D eigenvalue weighted by Gasteiger charge is 2.15. The van der Waals surface area contributed by atoms with Crippen molar-refractivity contribution in [3.63, 3.8) is 0 Å². The van der Waals surface area contributed by atoms with Gasteiger partial charge in [-0.15, -0.1) is 0 Å². The van der Waals surface area contributed by atoms with E-state index in [0.29, 0.717) is 5.92 Å². The number of nitrogens with zero attached hydrogens (tertiary/aromatic N) is 2. The Morgan fingerprint density at radius 1 is 1.38 bits per heavy atom. The van der Waals surface area contributed by atoms with Crippen LogP contribution in [-0.4, -0.2) is 9.78 Å². The quantitative estimate of drug-likeness (QED) is 0.806. The Morgan fingerprint density at radius 3 is 2.56 bits per heavy atom. The van der Waals surface area contributed by atoms with Gasteiger partial charge in [-0.3, -0.25) is 4.68 Å². The Kier molecular flexibility index (Phi) is 5.00. The molecule has 0 fully saturated rings. The first-order valence-electron chi connectivity index (χ1n) is 6.44. The molecule has 0 spiro atoms. The van der Waals surface area contributed by atoms with Gasteiger partial charge in [-0.25, -0.2) is 0 Å². The molecule has 3 heteroatoms. The summed E-state index contributed by atoms with van der Waals surface area (Å²) >= 11 is 0. The van der Waals surface area contributed by atoms with Crippen molar-refractivity contribution >= 4 is 0 Å². The molecule has 0 aliphatic carbocycles. The molecule has 0 amide bonds. The van der Waals surface area contributed by atoms with E-state index in [9.17, 15) is 0 Å². The SMILES string of the molecule is CCc1cc(C(N)CC(C)CC)n(CC)n1. The highest BCUT2D eigenvalue weighted by molar-refractivity contribution is 5.14. The Balaban J connectivity index is 2.80. The number of aromatic nitrogens is 2. The molecule has 1 aromatic heterocycles. The minimum atomic E-state index is 0.127. The maximum Gasteiger partial charge on any atom is 0.0625 e. The molecule has 1 rings (SSSR count). The molecule has 92 valence electrons. The zero-order chi connectivity index (χ0) is 12.1. The number of rotatable bonds is 6. The molecule has 0 radical (unpaired) electrons. The first-order chi connectivity index (χ1) is 7.62. The first kappa shape index (κ1) is 13.2. The fourth-order valence-electron chi connectivity index (χ4n) is 1.93. The second-order valence-electron chi connectivity index (χ2n) is 4.59. The third-order valence-electron chi connectivity index (χ3n) is 3.26. The van der Waals surface area contributed by atoms with Gasteiger partial charge in [0, 0.05) is 12.6 Å². The Bertz CT molecular complexity index is 317. The van der Waals surface area contributed by atoms with Gasteiger partial charge in [0.15, 0.2) is 0 Å². The minimum absolute atomic E-state index is 0.127. The first-order valence-corrected chi connectivity index (χ1v) is 6.44. The van der Waals surface area contributed by atoms with Crippen molar-refractivity contribution in [2.24, 2.45) is 11.7 Å². The third kappa shape index (κ3) is 3.08. The lowest BCUT2D eigenvalue weighted by Gasteiger charge is -2.16. The van der Waals surface area contributed by atoms with Gasteiger partial charge >= 0.3 is 0 Å². The molecule has 0 saturated carbocycles. The summed E-state index contributed by atoms with van der Waals surface area (Å²) in [6, 6.07) is 2.29. The Morgan fingerprint density at radius 2 is 2.06 bits per heavy atom. The van der Waals surface area contributed by atoms with E-state index in [1.807, 2.05) is 4.68 Å². The van der Waals surface area contributed by atoms with E-state index in [0.717, 1.165) is 25.1 Å². The highest BCUT2D eigenvalue weighted by atomic mass is 15.3. The average molecular weight is 223 g/mol. The smallest absolute Gasteiger partial charge is 0.0625 e. The van der Waals surface area contributed by atoms with E-state index in [1.165, 1.54) is 12.1 Å². The number of hydrogen-bond acceptors (Lipinski definition) is 2. The molecule has 0 bridgehead atoms. The van der Waals surface area contributed by atoms with Crippen LogP contribution in [0.4, 0.5) is 0 Å². The maximum absolute atomic E-state index is 6.26. The van der Waals surface area contributed by atoms with E-state index in [2.05, 4.69) is 38.9 Å². The van der Waals surface area contributed by atoms with Crippen molar-refractivity contribution in [2.45, 2.75) is 59.5 Å². The van der Waals surface area contributed by atoms with Crippen molar-refractivity contribution < 1.29 is 0 Å². The summed E-state index contributed by atoms with van der Waals surface area (Å²) in [4.78, 5) is 0. The number of hydrogen-bond donors (Lipinski definition) is 1. The number of aryl methyl sites for hydroxylation is 2. The van der Waals surface area contributed by atoms with Crippen LogP contribution in [0.3, 0.4) is 0 Å². The molecule has 0 aliphatic heterocycles. The molecule has 2 N–H and O–H groups in total. The predicted octanol–water partition coefficient (Wildman–Crippen LogP) is 2.90. The van der Waals surface area contributed by atoms with E-state index >= 15 is 0 Å². The Hall–Kier alpha value is -0.830. The molecule has 16 heavy (non-hydrogen) atoms. The lowest BCUT2D eigenvalue weighted by atomic mass is 9.98. The molecular weight excluding hydrogens is 198 g/mol. The molecule has 1 aromatic rings. The summed E-state index contributed by atoms with van der Waals surface area (Å²) in [5, 5.41) is 4.54. The van der Waals surface area contributed by atoms with Crippen LogP contribution in [0.1, 0.15) is 58.0 Å². The van der Waals surface area contributed by atoms with Crippen molar-refractivity contribution in [3.8, 4) is 0 Å². The van der Waals surface area contributed by atoms with Gasteiger partial charge in [0.05, 0.1) is 11.4 Å². The minimum Gasteiger partial charge on any atom is -0.323 e. The van der Waals surface area contributed by atoms with Crippen molar-refractivity contribution in [2.75, 3.05) is 0 Å². The molecule has 1 heterocycles. The summed E-state index contributed by atoms with van der Waals surface area (Å²) in [7, 11) is 0. The van der Waals surface area contributed by atoms with Crippen LogP contribution in [-0.2, 0) is 13.0 Å². The zero-order valence-corrected chi connectivity index (χ0v) is 11.0. The summed E-state index contributed by atoms with van der Waals surface area (Å²) in [5.74, 6) is 0.681. The average Bonchev–Trinajstić information content (AvgIpc) is 2.71. The zero-order valence-electron chi connectivity index (χ0n) is 11.0. The monoisotopic (exact) mass is 223 g/mol. The van der Waals surface area contributed by atoms with Gasteiger partial charge in [0.1, 0.15) is 0 Å². The third-order valence-corrected chi connectivity index (χ3v) is 3.26. The fourth-order valence-corrected chi connectivity index (χ4v) is 1.93. The van der Waals surface area contributed by atoms with E-state index in [4.69, 9.17) is 5.73 Å². The highest BCUT2D eigenvalue weighted by Crippen LogP contribution is 2.21. The lowest BCUT2D eigenvalue weighted by molar-refractivity contribution is 0.439. The summed E-state index contributed by atoms with van der Waals surface area (Å²) in [5.41, 5.74) is 8.60. The summed E-state index contributed by atoms with van der Waals surface area (Å²) in [6.07, 6.45) is 3.22. The van der Waals surface area contributed by atoms with Crippen LogP contribution >= 0.6 is 0 Å². The molecule has 3 nitrogen and oxygen atoms in total. The molecule has 0 saturated heterocycles. The molecule has 0 aromatic carbocycles. The second kappa shape index (κ2) is 6.04. The van der Waals surface area contributed by atoms with Gasteiger partial charge in [0.25, 0.3) is 0 Å². The van der Waals surface area contributed by atoms with Crippen LogP contribution < -0.4 is 5.73 Å². The van der Waals surface area contributed by atoms with E-state index in [-0.39, 0.29) is 6.04 Å². The van der Waals surface area contributed by atoms with Crippen molar-refractivity contribution in [1.29, 1.82) is 0 Å². The van der Waals surface area contributed by atoms with Gasteiger partial charge in [-0.2, -0.15) is 5.10 Å². The van der Waals surface area contributed by atoms with Gasteiger partial charge in [-0.05, 0) is 31.7 Å². The van der Waals surface area contributed by atoms with Crippen molar-refractivity contribution in [1.82, 2.24) is 9.78 Å². The maximum atomic E-state index is 6.26. The fraction of sp³-hybridized carbons (Fsp3) is 0.769. The van der Waals surface area contributed by atoms with Gasteiger partial charge < -0.3 is 5.73 Å². The second-order valence-corrected chi connectivity index (χ2v) is 4.59. The van der Waals surface area contributed by atoms with E-state index < -0.39 is 0 Å². The van der Waals surface area contributed by atoms with Crippen molar-refractivity contribution in [3.05, 3.63) is 17.5 Å². The molecular formula is C13H25N3. The van der Waals surface area contributed by atoms with Gasteiger partial charge in [-0.1, -0.05) is 27.2 Å². The Labute approximate surface area is 99.0 Å². The molecule has 2 unspecified atom stereocenters.